The maximum absolute atomic E-state index is 12.3. The summed E-state index contributed by atoms with van der Waals surface area (Å²) in [5, 5.41) is 22.9. The van der Waals surface area contributed by atoms with Gasteiger partial charge in [-0.05, 0) is 30.4 Å². The van der Waals surface area contributed by atoms with E-state index >= 15 is 0 Å². The fraction of sp³-hybridized carbons (Fsp3) is 0.625. The van der Waals surface area contributed by atoms with Crippen molar-refractivity contribution < 1.29 is 15.0 Å². The number of fused-ring (bicyclic) bond motifs is 1. The highest BCUT2D eigenvalue weighted by Gasteiger charge is 2.47. The predicted molar refractivity (Wildman–Crippen MR) is 103 cm³/mol. The Hall–Kier alpha value is -1.62. The first-order valence-electron chi connectivity index (χ1n) is 8.73. The number of anilines is 1. The second kappa shape index (κ2) is 7.08. The van der Waals surface area contributed by atoms with Gasteiger partial charge in [-0.25, -0.2) is 4.98 Å². The number of aliphatic hydroxyl groups excluding tert-OH is 2. The van der Waals surface area contributed by atoms with E-state index in [4.69, 9.17) is 11.6 Å². The van der Waals surface area contributed by atoms with Gasteiger partial charge in [-0.15, -0.1) is 11.8 Å². The number of hydrogen-bond donors (Lipinski definition) is 3. The molecule has 27 heavy (non-hydrogen) atoms. The van der Waals surface area contributed by atoms with E-state index in [-0.39, 0.29) is 11.2 Å². The molecule has 0 unspecified atom stereocenters. The molecule has 0 spiro atoms. The number of thioether (sulfide) groups is 1. The van der Waals surface area contributed by atoms with Crippen molar-refractivity contribution in [1.82, 2.24) is 24.4 Å². The summed E-state index contributed by atoms with van der Waals surface area (Å²) in [6.07, 6.45) is 1.62. The molecular weight excluding hydrogens is 392 g/mol. The molecule has 4 rings (SSSR count). The average molecular weight is 413 g/mol. The Kier molecular flexibility index (Phi) is 4.91. The molecule has 0 radical (unpaired) electrons. The van der Waals surface area contributed by atoms with Crippen LogP contribution in [0.25, 0.3) is 11.2 Å². The number of aromatic nitrogens is 4. The van der Waals surface area contributed by atoms with Crippen molar-refractivity contribution in [3.63, 3.8) is 0 Å². The lowest BCUT2D eigenvalue weighted by molar-refractivity contribution is -0.131. The summed E-state index contributed by atoms with van der Waals surface area (Å²) >= 11 is 7.28. The molecule has 1 aliphatic heterocycles. The van der Waals surface area contributed by atoms with Crippen LogP contribution >= 0.6 is 23.4 Å². The lowest BCUT2D eigenvalue weighted by atomic mass is 10.1. The first-order valence-corrected chi connectivity index (χ1v) is 10.1. The Bertz CT molecular complexity index is 873. The van der Waals surface area contributed by atoms with Crippen LogP contribution in [0.2, 0.25) is 5.28 Å². The molecule has 3 N–H and O–H groups in total. The van der Waals surface area contributed by atoms with Crippen LogP contribution in [-0.2, 0) is 4.79 Å². The molecule has 1 saturated carbocycles. The van der Waals surface area contributed by atoms with Gasteiger partial charge in [0.15, 0.2) is 17.0 Å². The number of rotatable bonds is 5. The summed E-state index contributed by atoms with van der Waals surface area (Å²) < 4.78 is 1.65. The molecule has 11 heteroatoms. The minimum atomic E-state index is -1.18. The molecule has 2 aliphatic rings. The molecular formula is C16H21ClN6O3S. The number of imidazole rings is 1. The third-order valence-corrected chi connectivity index (χ3v) is 6.57. The quantitative estimate of drug-likeness (QED) is 0.615. The van der Waals surface area contributed by atoms with Crippen molar-refractivity contribution >= 4 is 46.3 Å². The van der Waals surface area contributed by atoms with Crippen LogP contribution in [0.1, 0.15) is 18.2 Å². The molecule has 146 valence electrons. The van der Waals surface area contributed by atoms with Crippen molar-refractivity contribution in [1.29, 1.82) is 0 Å². The van der Waals surface area contributed by atoms with Gasteiger partial charge < -0.3 is 20.4 Å². The third kappa shape index (κ3) is 3.46. The molecule has 1 saturated heterocycles. The molecule has 1 aliphatic carbocycles. The number of carbonyl (C=O) groups is 1. The van der Waals surface area contributed by atoms with Crippen LogP contribution in [-0.4, -0.2) is 78.6 Å². The van der Waals surface area contributed by atoms with Gasteiger partial charge in [0.05, 0.1) is 6.33 Å². The Labute approximate surface area is 165 Å². The molecule has 2 fully saturated rings. The van der Waals surface area contributed by atoms with E-state index in [0.717, 1.165) is 6.54 Å². The lowest BCUT2D eigenvalue weighted by Gasteiger charge is -2.18. The number of amides is 1. The fourth-order valence-electron chi connectivity index (χ4n) is 3.11. The second-order valence-electron chi connectivity index (χ2n) is 7.15. The van der Waals surface area contributed by atoms with Crippen LogP contribution in [0.4, 0.5) is 5.82 Å². The smallest absolute Gasteiger partial charge is 0.238 e. The highest BCUT2D eigenvalue weighted by molar-refractivity contribution is 8.01. The average Bonchev–Trinajstić information content (AvgIpc) is 3.30. The number of nitrogens with zero attached hydrogens (tertiary/aromatic N) is 5. The molecule has 2 aromatic rings. The van der Waals surface area contributed by atoms with Crippen LogP contribution in [0, 0.1) is 5.92 Å². The van der Waals surface area contributed by atoms with E-state index in [9.17, 15) is 15.0 Å². The van der Waals surface area contributed by atoms with E-state index in [1.54, 1.807) is 18.7 Å². The highest BCUT2D eigenvalue weighted by Crippen LogP contribution is 2.44. The maximum atomic E-state index is 12.3. The van der Waals surface area contributed by atoms with Gasteiger partial charge >= 0.3 is 0 Å². The van der Waals surface area contributed by atoms with E-state index < -0.39 is 22.8 Å². The van der Waals surface area contributed by atoms with E-state index in [2.05, 4.69) is 20.3 Å². The summed E-state index contributed by atoms with van der Waals surface area (Å²) in [7, 11) is 3.24. The van der Waals surface area contributed by atoms with Gasteiger partial charge in [0, 0.05) is 20.6 Å². The van der Waals surface area contributed by atoms with Crippen molar-refractivity contribution in [3.8, 4) is 0 Å². The summed E-state index contributed by atoms with van der Waals surface area (Å²) in [5.41, 5.74) is 1.000. The zero-order valence-corrected chi connectivity index (χ0v) is 16.5. The Morgan fingerprint density at radius 3 is 2.78 bits per heavy atom. The Morgan fingerprint density at radius 2 is 2.11 bits per heavy atom. The first kappa shape index (κ1) is 18.7. The zero-order chi connectivity index (χ0) is 19.3. The molecule has 0 aromatic carbocycles. The number of aliphatic hydroxyl groups is 2. The molecule has 3 heterocycles. The number of hydrogen-bond acceptors (Lipinski definition) is 8. The van der Waals surface area contributed by atoms with Crippen LogP contribution in [0.5, 0.6) is 0 Å². The van der Waals surface area contributed by atoms with Crippen LogP contribution in [0.15, 0.2) is 6.33 Å². The largest absolute Gasteiger partial charge is 0.389 e. The van der Waals surface area contributed by atoms with Gasteiger partial charge in [0.1, 0.15) is 22.8 Å². The van der Waals surface area contributed by atoms with Gasteiger partial charge in [-0.1, -0.05) is 0 Å². The third-order valence-electron chi connectivity index (χ3n) is 4.85. The summed E-state index contributed by atoms with van der Waals surface area (Å²) in [5.74, 6) is 0.948. The molecule has 9 nitrogen and oxygen atoms in total. The minimum absolute atomic E-state index is 0.0708. The van der Waals surface area contributed by atoms with Gasteiger partial charge in [-0.3, -0.25) is 9.36 Å². The molecule has 0 bridgehead atoms. The highest BCUT2D eigenvalue weighted by atomic mass is 35.5. The van der Waals surface area contributed by atoms with Gasteiger partial charge in [-0.2, -0.15) is 9.97 Å². The van der Waals surface area contributed by atoms with Crippen molar-refractivity contribution in [2.75, 3.05) is 26.0 Å². The summed E-state index contributed by atoms with van der Waals surface area (Å²) in [6.45, 7) is 0.800. The zero-order valence-electron chi connectivity index (χ0n) is 14.9. The topological polar surface area (TPSA) is 116 Å². The van der Waals surface area contributed by atoms with Crippen molar-refractivity contribution in [3.05, 3.63) is 11.6 Å². The fourth-order valence-corrected chi connectivity index (χ4v) is 4.83. The van der Waals surface area contributed by atoms with E-state index in [1.165, 1.54) is 35.8 Å². The van der Waals surface area contributed by atoms with Gasteiger partial charge in [0.2, 0.25) is 11.2 Å². The predicted octanol–water partition coefficient (Wildman–Crippen LogP) is 0.726. The van der Waals surface area contributed by atoms with E-state index in [1.807, 2.05) is 0 Å². The first-order chi connectivity index (χ1) is 12.9. The van der Waals surface area contributed by atoms with Crippen molar-refractivity contribution in [2.45, 2.75) is 35.7 Å². The van der Waals surface area contributed by atoms with Crippen molar-refractivity contribution in [2.24, 2.45) is 5.92 Å². The second-order valence-corrected chi connectivity index (χ2v) is 8.75. The normalized spacial score (nSPS) is 27.9. The van der Waals surface area contributed by atoms with E-state index in [0.29, 0.717) is 22.9 Å². The monoisotopic (exact) mass is 412 g/mol. The minimum Gasteiger partial charge on any atom is -0.389 e. The maximum Gasteiger partial charge on any atom is 0.238 e. The standard InChI is InChI=1S/C16H21ClN6O3S/c1-22(2)14(26)11-9(24)10(25)15(27-11)23-6-19-8-12(18-5-7-3-4-7)20-16(17)21-13(8)23/h6-7,9-11,15,24-25H,3-5H2,1-2H3,(H,18,20,21)/t9-,10+,11-,15+/m0/s1. The van der Waals surface area contributed by atoms with Gasteiger partial charge in [0.25, 0.3) is 0 Å². The molecule has 1 amide bonds. The SMILES string of the molecule is CN(C)C(=O)[C@H]1S[C@@H](n2cnc3c(NCC4CC4)nc(Cl)nc32)[C@H](O)[C@@H]1O. The van der Waals surface area contributed by atoms with Crippen LogP contribution < -0.4 is 5.32 Å². The summed E-state index contributed by atoms with van der Waals surface area (Å²) in [4.78, 5) is 26.6. The van der Waals surface area contributed by atoms with Crippen LogP contribution in [0.3, 0.4) is 0 Å². The number of nitrogens with one attached hydrogen (secondary N) is 1. The Balaban J connectivity index is 1.66. The number of carbonyl (C=O) groups excluding carboxylic acids is 1. The molecule has 4 atom stereocenters. The lowest BCUT2D eigenvalue weighted by Crippen LogP contribution is -2.40. The number of halogens is 1. The molecule has 2 aromatic heterocycles. The summed E-state index contributed by atoms with van der Waals surface area (Å²) in [6, 6.07) is 0. The Morgan fingerprint density at radius 1 is 1.37 bits per heavy atom.